The molecule has 2 heterocycles. The Kier molecular flexibility index (Phi) is 10.4. The maximum atomic E-state index is 14.5. The van der Waals surface area contributed by atoms with Gasteiger partial charge in [0.15, 0.2) is 4.80 Å². The largest absolute Gasteiger partial charge is 0.487 e. The van der Waals surface area contributed by atoms with E-state index in [0.717, 1.165) is 29.4 Å². The number of nitrogens with zero attached hydrogens (tertiary/aromatic N) is 2. The Bertz CT molecular complexity index is 2140. The number of fused-ring (bicyclic) bond motifs is 1. The molecular formula is C38H32I2N2O4S. The summed E-state index contributed by atoms with van der Waals surface area (Å²) in [4.78, 5) is 33.8. The fraction of sp³-hybridized carbons (Fsp3) is 0.184. The number of esters is 1. The molecule has 1 atom stereocenters. The summed E-state index contributed by atoms with van der Waals surface area (Å²) in [6.45, 7) is 6.65. The number of aromatic nitrogens is 1. The number of benzene rings is 4. The summed E-state index contributed by atoms with van der Waals surface area (Å²) in [6.07, 6.45) is 1.88. The van der Waals surface area contributed by atoms with Crippen LogP contribution in [0, 0.1) is 7.14 Å². The van der Waals surface area contributed by atoms with Crippen LogP contribution in [0.2, 0.25) is 0 Å². The van der Waals surface area contributed by atoms with Crippen LogP contribution in [0.5, 0.6) is 5.75 Å². The average Bonchev–Trinajstić information content (AvgIpc) is 3.38. The first-order chi connectivity index (χ1) is 22.7. The fourth-order valence-electron chi connectivity index (χ4n) is 5.53. The first kappa shape index (κ1) is 33.4. The number of hydrogen-bond donors (Lipinski definition) is 0. The number of thiazole rings is 1. The molecule has 0 aliphatic carbocycles. The monoisotopic (exact) mass is 866 g/mol. The van der Waals surface area contributed by atoms with Crippen molar-refractivity contribution in [2.24, 2.45) is 4.99 Å². The Morgan fingerprint density at radius 3 is 2.32 bits per heavy atom. The second-order valence-electron chi connectivity index (χ2n) is 11.3. The van der Waals surface area contributed by atoms with Crippen LogP contribution >= 0.6 is 56.5 Å². The molecule has 0 amide bonds. The van der Waals surface area contributed by atoms with Crippen LogP contribution in [0.3, 0.4) is 0 Å². The van der Waals surface area contributed by atoms with Crippen molar-refractivity contribution in [1.82, 2.24) is 4.57 Å². The van der Waals surface area contributed by atoms with Crippen LogP contribution < -0.4 is 19.6 Å². The molecule has 238 valence electrons. The van der Waals surface area contributed by atoms with Crippen LogP contribution in [0.1, 0.15) is 60.5 Å². The number of rotatable bonds is 9. The Morgan fingerprint density at radius 2 is 1.66 bits per heavy atom. The molecule has 5 aromatic rings. The van der Waals surface area contributed by atoms with E-state index in [1.165, 1.54) is 16.9 Å². The number of halogens is 2. The van der Waals surface area contributed by atoms with Crippen molar-refractivity contribution in [2.75, 3.05) is 6.61 Å². The smallest absolute Gasteiger partial charge is 0.338 e. The molecule has 0 saturated carbocycles. The van der Waals surface area contributed by atoms with Gasteiger partial charge in [0, 0.05) is 14.7 Å². The molecule has 47 heavy (non-hydrogen) atoms. The first-order valence-electron chi connectivity index (χ1n) is 15.3. The van der Waals surface area contributed by atoms with E-state index in [0.29, 0.717) is 38.9 Å². The normalized spacial score (nSPS) is 14.6. The third-order valence-corrected chi connectivity index (χ3v) is 10.2. The Hall–Kier alpha value is -3.55. The standard InChI is InChI=1S/C38H32I2N2O4S/c1-4-45-37(44)32-33(26-13-9-6-10-14-26)41-38-42(34(32)27-17-15-25(16-18-27)23(2)3)36(43)31(47-38)20-28-19-29(39)21-30(40)35(28)46-22-24-11-7-5-8-12-24/h5-21,23,34H,4,22H2,1-3H3/b31-20-/t34-/m1/s1. The van der Waals surface area contributed by atoms with E-state index in [1.54, 1.807) is 11.5 Å². The minimum atomic E-state index is -0.728. The Balaban J connectivity index is 1.57. The second-order valence-corrected chi connectivity index (χ2v) is 14.8. The molecule has 1 aliphatic heterocycles. The molecule has 0 unspecified atom stereocenters. The van der Waals surface area contributed by atoms with Gasteiger partial charge in [-0.1, -0.05) is 110 Å². The van der Waals surface area contributed by atoms with Crippen LogP contribution in [0.4, 0.5) is 0 Å². The zero-order valence-corrected chi connectivity index (χ0v) is 31.2. The second kappa shape index (κ2) is 14.7. The maximum Gasteiger partial charge on any atom is 0.338 e. The van der Waals surface area contributed by atoms with E-state index in [4.69, 9.17) is 14.5 Å². The highest BCUT2D eigenvalue weighted by atomic mass is 127. The van der Waals surface area contributed by atoms with Gasteiger partial charge in [-0.3, -0.25) is 9.36 Å². The van der Waals surface area contributed by atoms with E-state index >= 15 is 0 Å². The molecule has 1 aromatic heterocycles. The molecular weight excluding hydrogens is 834 g/mol. The van der Waals surface area contributed by atoms with Gasteiger partial charge in [-0.25, -0.2) is 9.79 Å². The van der Waals surface area contributed by atoms with Gasteiger partial charge in [-0.2, -0.15) is 0 Å². The zero-order chi connectivity index (χ0) is 33.1. The molecule has 0 saturated heterocycles. The van der Waals surface area contributed by atoms with Gasteiger partial charge in [-0.05, 0) is 92.9 Å². The van der Waals surface area contributed by atoms with Crippen molar-refractivity contribution in [2.45, 2.75) is 39.3 Å². The van der Waals surface area contributed by atoms with E-state index in [2.05, 4.69) is 77.2 Å². The molecule has 0 spiro atoms. The lowest BCUT2D eigenvalue weighted by molar-refractivity contribution is -0.138. The molecule has 0 radical (unpaired) electrons. The van der Waals surface area contributed by atoms with E-state index in [9.17, 15) is 9.59 Å². The van der Waals surface area contributed by atoms with Gasteiger partial charge >= 0.3 is 5.97 Å². The van der Waals surface area contributed by atoms with Crippen molar-refractivity contribution in [3.8, 4) is 5.75 Å². The predicted molar refractivity (Wildman–Crippen MR) is 204 cm³/mol. The van der Waals surface area contributed by atoms with Gasteiger partial charge in [0.2, 0.25) is 0 Å². The minimum absolute atomic E-state index is 0.199. The lowest BCUT2D eigenvalue weighted by atomic mass is 9.91. The molecule has 0 bridgehead atoms. The SMILES string of the molecule is CCOC(=O)C1=C(c2ccccc2)N=c2s/c(=C\c3cc(I)cc(I)c3OCc3ccccc3)c(=O)n2[C@@H]1c1ccc(C(C)C)cc1. The number of carbonyl (C=O) groups excluding carboxylic acids is 1. The van der Waals surface area contributed by atoms with Gasteiger partial charge in [0.1, 0.15) is 12.4 Å². The van der Waals surface area contributed by atoms with Crippen LogP contribution in [0.15, 0.2) is 112 Å². The van der Waals surface area contributed by atoms with Crippen molar-refractivity contribution >= 4 is 74.3 Å². The molecule has 9 heteroatoms. The van der Waals surface area contributed by atoms with Crippen molar-refractivity contribution in [3.63, 3.8) is 0 Å². The molecule has 4 aromatic carbocycles. The van der Waals surface area contributed by atoms with Crippen LogP contribution in [0.25, 0.3) is 11.8 Å². The average molecular weight is 867 g/mol. The molecule has 0 fully saturated rings. The zero-order valence-electron chi connectivity index (χ0n) is 26.1. The molecule has 6 nitrogen and oxygen atoms in total. The molecule has 1 aliphatic rings. The maximum absolute atomic E-state index is 14.5. The van der Waals surface area contributed by atoms with E-state index in [-0.39, 0.29) is 12.2 Å². The third kappa shape index (κ3) is 7.17. The summed E-state index contributed by atoms with van der Waals surface area (Å²) >= 11 is 5.87. The number of carbonyl (C=O) groups is 1. The third-order valence-electron chi connectivity index (χ3n) is 7.84. The summed E-state index contributed by atoms with van der Waals surface area (Å²) < 4.78 is 16.1. The van der Waals surface area contributed by atoms with Crippen molar-refractivity contribution in [3.05, 3.63) is 157 Å². The first-order valence-corrected chi connectivity index (χ1v) is 18.3. The highest BCUT2D eigenvalue weighted by molar-refractivity contribution is 14.1. The van der Waals surface area contributed by atoms with Gasteiger partial charge < -0.3 is 9.47 Å². The summed E-state index contributed by atoms with van der Waals surface area (Å²) in [5.74, 6) is 0.547. The minimum Gasteiger partial charge on any atom is -0.487 e. The Morgan fingerprint density at radius 1 is 0.979 bits per heavy atom. The summed E-state index contributed by atoms with van der Waals surface area (Å²) in [6, 6.07) is 31.1. The highest BCUT2D eigenvalue weighted by Crippen LogP contribution is 2.36. The van der Waals surface area contributed by atoms with Crippen molar-refractivity contribution in [1.29, 1.82) is 0 Å². The fourth-order valence-corrected chi connectivity index (χ4v) is 8.57. The highest BCUT2D eigenvalue weighted by Gasteiger charge is 2.35. The predicted octanol–water partition coefficient (Wildman–Crippen LogP) is 7.85. The number of hydrogen-bond acceptors (Lipinski definition) is 6. The molecule has 0 N–H and O–H groups in total. The van der Waals surface area contributed by atoms with Crippen LogP contribution in [-0.2, 0) is 16.1 Å². The lowest BCUT2D eigenvalue weighted by Gasteiger charge is -2.26. The molecule has 6 rings (SSSR count). The summed E-state index contributed by atoms with van der Waals surface area (Å²) in [5, 5.41) is 0. The number of ether oxygens (including phenoxy) is 2. The van der Waals surface area contributed by atoms with E-state index in [1.807, 2.05) is 84.9 Å². The van der Waals surface area contributed by atoms with Crippen LogP contribution in [-0.4, -0.2) is 17.1 Å². The van der Waals surface area contributed by atoms with Gasteiger partial charge in [0.25, 0.3) is 5.56 Å². The van der Waals surface area contributed by atoms with Crippen molar-refractivity contribution < 1.29 is 14.3 Å². The quantitative estimate of drug-likeness (QED) is 0.112. The summed E-state index contributed by atoms with van der Waals surface area (Å²) in [5.41, 5.74) is 5.22. The van der Waals surface area contributed by atoms with E-state index < -0.39 is 12.0 Å². The van der Waals surface area contributed by atoms with Gasteiger partial charge in [0.05, 0.1) is 32.0 Å². The summed E-state index contributed by atoms with van der Waals surface area (Å²) in [7, 11) is 0. The van der Waals surface area contributed by atoms with Gasteiger partial charge in [-0.15, -0.1) is 0 Å². The Labute approximate surface area is 304 Å². The lowest BCUT2D eigenvalue weighted by Crippen LogP contribution is -2.40. The topological polar surface area (TPSA) is 69.9 Å².